The largest absolute Gasteiger partial charge is 0.494 e. The number of hydrogen-bond donors (Lipinski definition) is 1. The number of unbranched alkanes of at least 4 members (excludes halogenated alkanes) is 1. The van der Waals surface area contributed by atoms with E-state index in [2.05, 4.69) is 5.32 Å². The quantitative estimate of drug-likeness (QED) is 0.587. The standard InChI is InChI=1S/C22H30N2O4S/c1-17(2)24(4)29(26,27)21-13-11-19(12-14-21)23-22(25)10-5-6-15-28-20-9-7-8-18(3)16-20/h7-9,11-14,16-17H,5-6,10,15H2,1-4H3,(H,23,25). The normalized spacial score (nSPS) is 11.7. The lowest BCUT2D eigenvalue weighted by molar-refractivity contribution is -0.116. The molecule has 0 aliphatic heterocycles. The van der Waals surface area contributed by atoms with Gasteiger partial charge >= 0.3 is 0 Å². The number of carbonyl (C=O) groups excluding carboxylic acids is 1. The highest BCUT2D eigenvalue weighted by Crippen LogP contribution is 2.19. The highest BCUT2D eigenvalue weighted by Gasteiger charge is 2.22. The van der Waals surface area contributed by atoms with Crippen LogP contribution in [0.2, 0.25) is 0 Å². The molecule has 0 saturated heterocycles. The summed E-state index contributed by atoms with van der Waals surface area (Å²) in [5, 5.41) is 2.80. The SMILES string of the molecule is Cc1cccc(OCCCCC(=O)Nc2ccc(S(=O)(=O)N(C)C(C)C)cc2)c1. The molecule has 158 valence electrons. The van der Waals surface area contributed by atoms with Gasteiger partial charge in [0.2, 0.25) is 15.9 Å². The molecule has 2 aromatic rings. The molecule has 0 radical (unpaired) electrons. The number of ether oxygens (including phenoxy) is 1. The molecule has 7 heteroatoms. The second-order valence-corrected chi connectivity index (χ2v) is 9.31. The third kappa shape index (κ3) is 6.87. The fourth-order valence-corrected chi connectivity index (χ4v) is 4.03. The summed E-state index contributed by atoms with van der Waals surface area (Å²) < 4.78 is 31.9. The van der Waals surface area contributed by atoms with E-state index in [9.17, 15) is 13.2 Å². The number of sulfonamides is 1. The fraction of sp³-hybridized carbons (Fsp3) is 0.409. The Labute approximate surface area is 173 Å². The number of rotatable bonds is 10. The van der Waals surface area contributed by atoms with E-state index in [0.29, 0.717) is 25.1 Å². The van der Waals surface area contributed by atoms with Crippen molar-refractivity contribution in [3.63, 3.8) is 0 Å². The van der Waals surface area contributed by atoms with E-state index in [-0.39, 0.29) is 16.8 Å². The average Bonchev–Trinajstić information content (AvgIpc) is 2.67. The maximum absolute atomic E-state index is 12.5. The van der Waals surface area contributed by atoms with Crippen molar-refractivity contribution in [3.8, 4) is 5.75 Å². The molecule has 0 heterocycles. The zero-order valence-electron chi connectivity index (χ0n) is 17.5. The second-order valence-electron chi connectivity index (χ2n) is 7.31. The van der Waals surface area contributed by atoms with E-state index in [1.165, 1.54) is 16.4 Å². The van der Waals surface area contributed by atoms with Gasteiger partial charge in [-0.3, -0.25) is 4.79 Å². The minimum Gasteiger partial charge on any atom is -0.494 e. The molecule has 0 unspecified atom stereocenters. The van der Waals surface area contributed by atoms with Crippen LogP contribution in [0.1, 0.15) is 38.7 Å². The van der Waals surface area contributed by atoms with Crippen molar-refractivity contribution in [2.75, 3.05) is 19.0 Å². The maximum Gasteiger partial charge on any atom is 0.243 e. The Morgan fingerprint density at radius 1 is 1.10 bits per heavy atom. The van der Waals surface area contributed by atoms with E-state index in [1.807, 2.05) is 45.0 Å². The predicted octanol–water partition coefficient (Wildman–Crippen LogP) is 4.21. The van der Waals surface area contributed by atoms with Gasteiger partial charge in [-0.2, -0.15) is 4.31 Å². The van der Waals surface area contributed by atoms with Crippen LogP contribution in [0.15, 0.2) is 53.4 Å². The number of anilines is 1. The first-order valence-corrected chi connectivity index (χ1v) is 11.2. The Hall–Kier alpha value is -2.38. The van der Waals surface area contributed by atoms with Crippen LogP contribution in [0, 0.1) is 6.92 Å². The zero-order valence-corrected chi connectivity index (χ0v) is 18.3. The van der Waals surface area contributed by atoms with Crippen molar-refractivity contribution in [1.82, 2.24) is 4.31 Å². The zero-order chi connectivity index (χ0) is 21.4. The summed E-state index contributed by atoms with van der Waals surface area (Å²) in [6, 6.07) is 14.0. The summed E-state index contributed by atoms with van der Waals surface area (Å²) in [6.07, 6.45) is 1.87. The molecular weight excluding hydrogens is 388 g/mol. The van der Waals surface area contributed by atoms with Gasteiger partial charge in [-0.1, -0.05) is 12.1 Å². The van der Waals surface area contributed by atoms with Crippen molar-refractivity contribution in [2.45, 2.75) is 51.0 Å². The minimum atomic E-state index is -3.52. The van der Waals surface area contributed by atoms with Crippen LogP contribution >= 0.6 is 0 Å². The van der Waals surface area contributed by atoms with Crippen molar-refractivity contribution in [1.29, 1.82) is 0 Å². The van der Waals surface area contributed by atoms with Gasteiger partial charge in [0.15, 0.2) is 0 Å². The van der Waals surface area contributed by atoms with Crippen LogP contribution in [0.25, 0.3) is 0 Å². The third-order valence-electron chi connectivity index (χ3n) is 4.60. The first kappa shape index (κ1) is 22.9. The third-order valence-corrected chi connectivity index (χ3v) is 6.65. The van der Waals surface area contributed by atoms with Crippen molar-refractivity contribution in [2.24, 2.45) is 0 Å². The molecule has 2 aromatic carbocycles. The summed E-state index contributed by atoms with van der Waals surface area (Å²) in [4.78, 5) is 12.3. The Morgan fingerprint density at radius 3 is 2.41 bits per heavy atom. The molecule has 0 aliphatic rings. The van der Waals surface area contributed by atoms with Crippen molar-refractivity contribution < 1.29 is 17.9 Å². The lowest BCUT2D eigenvalue weighted by Crippen LogP contribution is -2.33. The van der Waals surface area contributed by atoms with Crippen LogP contribution in [0.3, 0.4) is 0 Å². The second kappa shape index (κ2) is 10.4. The molecule has 2 rings (SSSR count). The molecule has 0 aliphatic carbocycles. The molecule has 1 N–H and O–H groups in total. The number of amides is 1. The highest BCUT2D eigenvalue weighted by atomic mass is 32.2. The molecule has 0 bridgehead atoms. The minimum absolute atomic E-state index is 0.101. The lowest BCUT2D eigenvalue weighted by atomic mass is 10.2. The topological polar surface area (TPSA) is 75.7 Å². The molecule has 6 nitrogen and oxygen atoms in total. The van der Waals surface area contributed by atoms with Gasteiger partial charge in [0, 0.05) is 25.2 Å². The molecule has 0 aromatic heterocycles. The Balaban J connectivity index is 1.76. The Kier molecular flexibility index (Phi) is 8.22. The summed E-state index contributed by atoms with van der Waals surface area (Å²) >= 11 is 0. The number of benzene rings is 2. The lowest BCUT2D eigenvalue weighted by Gasteiger charge is -2.21. The maximum atomic E-state index is 12.5. The first-order chi connectivity index (χ1) is 13.7. The fourth-order valence-electron chi connectivity index (χ4n) is 2.66. The number of carbonyl (C=O) groups is 1. The molecular formula is C22H30N2O4S. The van der Waals surface area contributed by atoms with Crippen molar-refractivity contribution >= 4 is 21.6 Å². The van der Waals surface area contributed by atoms with Gasteiger partial charge in [0.25, 0.3) is 0 Å². The summed E-state index contributed by atoms with van der Waals surface area (Å²) in [7, 11) is -1.97. The number of nitrogens with one attached hydrogen (secondary N) is 1. The van der Waals surface area contributed by atoms with Gasteiger partial charge in [-0.05, 0) is 75.6 Å². The molecule has 0 atom stereocenters. The van der Waals surface area contributed by atoms with Crippen LogP contribution in [-0.4, -0.2) is 38.3 Å². The smallest absolute Gasteiger partial charge is 0.243 e. The molecule has 1 amide bonds. The van der Waals surface area contributed by atoms with Gasteiger partial charge < -0.3 is 10.1 Å². The number of nitrogens with zero attached hydrogens (tertiary/aromatic N) is 1. The highest BCUT2D eigenvalue weighted by molar-refractivity contribution is 7.89. The van der Waals surface area contributed by atoms with E-state index in [0.717, 1.165) is 17.7 Å². The number of hydrogen-bond acceptors (Lipinski definition) is 4. The van der Waals surface area contributed by atoms with Crippen LogP contribution < -0.4 is 10.1 Å². The molecule has 0 spiro atoms. The monoisotopic (exact) mass is 418 g/mol. The molecule has 0 fully saturated rings. The van der Waals surface area contributed by atoms with Crippen LogP contribution in [0.4, 0.5) is 5.69 Å². The summed E-state index contributed by atoms with van der Waals surface area (Å²) in [6.45, 7) is 6.21. The Morgan fingerprint density at radius 2 is 1.79 bits per heavy atom. The first-order valence-electron chi connectivity index (χ1n) is 9.77. The Bertz CT molecular complexity index is 909. The van der Waals surface area contributed by atoms with Gasteiger partial charge in [-0.25, -0.2) is 8.42 Å². The van der Waals surface area contributed by atoms with Crippen LogP contribution in [0.5, 0.6) is 5.75 Å². The van der Waals surface area contributed by atoms with Crippen molar-refractivity contribution in [3.05, 3.63) is 54.1 Å². The summed E-state index contributed by atoms with van der Waals surface area (Å²) in [5.74, 6) is 0.739. The van der Waals surface area contributed by atoms with Crippen LogP contribution in [-0.2, 0) is 14.8 Å². The molecule has 29 heavy (non-hydrogen) atoms. The molecule has 0 saturated carbocycles. The van der Waals surface area contributed by atoms with E-state index >= 15 is 0 Å². The van der Waals surface area contributed by atoms with E-state index < -0.39 is 10.0 Å². The van der Waals surface area contributed by atoms with E-state index in [1.54, 1.807) is 19.2 Å². The van der Waals surface area contributed by atoms with Gasteiger partial charge in [0.1, 0.15) is 5.75 Å². The predicted molar refractivity (Wildman–Crippen MR) is 116 cm³/mol. The average molecular weight is 419 g/mol. The summed E-state index contributed by atoms with van der Waals surface area (Å²) in [5.41, 5.74) is 1.73. The number of aryl methyl sites for hydroxylation is 1. The van der Waals surface area contributed by atoms with Gasteiger partial charge in [0.05, 0.1) is 11.5 Å². The van der Waals surface area contributed by atoms with Gasteiger partial charge in [-0.15, -0.1) is 0 Å². The van der Waals surface area contributed by atoms with E-state index in [4.69, 9.17) is 4.74 Å².